The maximum Gasteiger partial charge on any atom is 0.330 e. The lowest BCUT2D eigenvalue weighted by Crippen LogP contribution is -2.36. The first kappa shape index (κ1) is 29.1. The van der Waals surface area contributed by atoms with E-state index in [9.17, 15) is 14.7 Å². The van der Waals surface area contributed by atoms with Crippen molar-refractivity contribution in [3.05, 3.63) is 107 Å². The highest BCUT2D eigenvalue weighted by molar-refractivity contribution is 5.97. The highest BCUT2D eigenvalue weighted by atomic mass is 16.5. The summed E-state index contributed by atoms with van der Waals surface area (Å²) >= 11 is 0. The molecule has 1 heterocycles. The van der Waals surface area contributed by atoms with Crippen LogP contribution in [0.3, 0.4) is 0 Å². The molecule has 2 N–H and O–H groups in total. The van der Waals surface area contributed by atoms with Gasteiger partial charge in [-0.15, -0.1) is 5.10 Å². The molecule has 3 aromatic rings. The van der Waals surface area contributed by atoms with Gasteiger partial charge in [0, 0.05) is 23.2 Å². The number of ether oxygens (including phenoxy) is 2. The summed E-state index contributed by atoms with van der Waals surface area (Å²) in [5.74, 6) is 0.100. The summed E-state index contributed by atoms with van der Waals surface area (Å²) in [5.41, 5.74) is 4.42. The zero-order valence-electron chi connectivity index (χ0n) is 23.8. The molecule has 0 radical (unpaired) electrons. The molecule has 2 unspecified atom stereocenters. The normalized spacial score (nSPS) is 17.0. The Kier molecular flexibility index (Phi) is 9.66. The fourth-order valence-corrected chi connectivity index (χ4v) is 5.64. The van der Waals surface area contributed by atoms with Crippen LogP contribution in [0.2, 0.25) is 0 Å². The quantitative estimate of drug-likeness (QED) is 0.176. The Balaban J connectivity index is 1.30. The number of aliphatic hydroxyl groups excluding tert-OH is 1. The number of rotatable bonds is 11. The van der Waals surface area contributed by atoms with Crippen LogP contribution >= 0.6 is 0 Å². The first-order valence-corrected chi connectivity index (χ1v) is 14.6. The van der Waals surface area contributed by atoms with E-state index >= 15 is 0 Å². The molecule has 0 aromatic heterocycles. The topological polar surface area (TPSA) is 100 Å². The first-order valence-electron chi connectivity index (χ1n) is 14.6. The van der Waals surface area contributed by atoms with Gasteiger partial charge in [0.2, 0.25) is 5.90 Å². The number of nitrogens with one attached hydrogen (secondary N) is 1. The minimum atomic E-state index is -0.804. The van der Waals surface area contributed by atoms with Gasteiger partial charge in [-0.05, 0) is 72.7 Å². The highest BCUT2D eigenvalue weighted by Gasteiger charge is 2.32. The lowest BCUT2D eigenvalue weighted by atomic mass is 9.83. The minimum absolute atomic E-state index is 0.0484. The van der Waals surface area contributed by atoms with E-state index in [0.29, 0.717) is 25.0 Å². The lowest BCUT2D eigenvalue weighted by molar-refractivity contribution is -0.137. The average Bonchev–Trinajstić information content (AvgIpc) is 3.53. The summed E-state index contributed by atoms with van der Waals surface area (Å²) in [6.45, 7) is 2.38. The summed E-state index contributed by atoms with van der Waals surface area (Å²) in [5, 5.41) is 20.7. The van der Waals surface area contributed by atoms with Crippen LogP contribution in [0, 0.1) is 5.92 Å². The van der Waals surface area contributed by atoms with Crippen LogP contribution in [0.25, 0.3) is 6.08 Å². The van der Waals surface area contributed by atoms with E-state index in [-0.39, 0.29) is 24.4 Å². The lowest BCUT2D eigenvalue weighted by Gasteiger charge is -2.30. The van der Waals surface area contributed by atoms with Gasteiger partial charge in [-0.3, -0.25) is 4.79 Å². The number of amides is 1. The van der Waals surface area contributed by atoms with Crippen LogP contribution in [-0.2, 0) is 25.6 Å². The van der Waals surface area contributed by atoms with Gasteiger partial charge >= 0.3 is 5.97 Å². The zero-order valence-corrected chi connectivity index (χ0v) is 23.8. The average molecular weight is 568 g/mol. The molecule has 3 aromatic carbocycles. The molecular weight excluding hydrogens is 530 g/mol. The highest BCUT2D eigenvalue weighted by Crippen LogP contribution is 2.40. The standard InChI is InChI=1S/C34H37N3O5/c1-2-41-31(39)20-17-24-9-8-14-29(21-24)35-33(40)32(26-10-6-7-11-26)27-18-15-25(16-19-27)22-37-30(38)23-42-34(36-37)28-12-4-3-5-13-28/h3-5,8-9,12-21,26,32-33,35,40H,2,6-7,10-11,22-23H2,1H3/b20-17+. The molecule has 1 amide bonds. The minimum Gasteiger partial charge on any atom is -0.466 e. The van der Waals surface area contributed by atoms with Crippen LogP contribution in [0.5, 0.6) is 0 Å². The number of benzene rings is 3. The Labute approximate surface area is 246 Å². The predicted octanol–water partition coefficient (Wildman–Crippen LogP) is 5.69. The zero-order chi connectivity index (χ0) is 29.3. The number of carbonyl (C=O) groups excluding carboxylic acids is 2. The van der Waals surface area contributed by atoms with Crippen LogP contribution in [0.15, 0.2) is 90.0 Å². The fraction of sp³-hybridized carbons (Fsp3) is 0.324. The summed E-state index contributed by atoms with van der Waals surface area (Å²) in [4.78, 5) is 24.2. The smallest absolute Gasteiger partial charge is 0.330 e. The molecule has 8 heteroatoms. The number of hydrogen-bond donors (Lipinski definition) is 2. The van der Waals surface area contributed by atoms with Crippen LogP contribution in [0.1, 0.15) is 60.8 Å². The Bertz CT molecular complexity index is 1410. The maximum atomic E-state index is 12.5. The summed E-state index contributed by atoms with van der Waals surface area (Å²) in [6.07, 6.45) is 6.73. The monoisotopic (exact) mass is 567 g/mol. The number of anilines is 1. The molecule has 1 saturated carbocycles. The molecular formula is C34H37N3O5. The molecule has 2 atom stereocenters. The Morgan fingerprint density at radius 2 is 1.86 bits per heavy atom. The van der Waals surface area contributed by atoms with Crippen molar-refractivity contribution in [3.63, 3.8) is 0 Å². The van der Waals surface area contributed by atoms with E-state index in [0.717, 1.165) is 53.6 Å². The number of hydrogen-bond acceptors (Lipinski definition) is 7. The maximum absolute atomic E-state index is 12.5. The van der Waals surface area contributed by atoms with Crippen molar-refractivity contribution < 1.29 is 24.2 Å². The van der Waals surface area contributed by atoms with Gasteiger partial charge in [0.25, 0.3) is 5.91 Å². The number of esters is 1. The summed E-state index contributed by atoms with van der Waals surface area (Å²) in [6, 6.07) is 25.2. The SMILES string of the molecule is CCOC(=O)/C=C/c1cccc(NC(O)C(c2ccc(CN3N=C(c4ccccc4)OCC3=O)cc2)C2CCCC2)c1. The van der Waals surface area contributed by atoms with Crippen LogP contribution in [-0.4, -0.2) is 47.3 Å². The van der Waals surface area contributed by atoms with Gasteiger partial charge < -0.3 is 19.9 Å². The van der Waals surface area contributed by atoms with Crippen molar-refractivity contribution in [1.82, 2.24) is 5.01 Å². The van der Waals surface area contributed by atoms with Crippen molar-refractivity contribution in [1.29, 1.82) is 0 Å². The van der Waals surface area contributed by atoms with E-state index < -0.39 is 6.23 Å². The number of nitrogens with zero attached hydrogens (tertiary/aromatic N) is 2. The van der Waals surface area contributed by atoms with Gasteiger partial charge in [0.05, 0.1) is 13.2 Å². The van der Waals surface area contributed by atoms with Crippen molar-refractivity contribution in [2.45, 2.75) is 51.3 Å². The van der Waals surface area contributed by atoms with E-state index in [1.807, 2.05) is 66.7 Å². The second-order valence-electron chi connectivity index (χ2n) is 10.6. The number of carbonyl (C=O) groups is 2. The first-order chi connectivity index (χ1) is 20.5. The third-order valence-electron chi connectivity index (χ3n) is 7.70. The molecule has 0 spiro atoms. The van der Waals surface area contributed by atoms with E-state index in [1.54, 1.807) is 13.0 Å². The Morgan fingerprint density at radius 3 is 2.60 bits per heavy atom. The molecule has 0 bridgehead atoms. The molecule has 8 nitrogen and oxygen atoms in total. The molecule has 0 saturated heterocycles. The van der Waals surface area contributed by atoms with E-state index in [2.05, 4.69) is 22.6 Å². The number of hydrazone groups is 1. The second kappa shape index (κ2) is 14.0. The number of aliphatic hydroxyl groups is 1. The molecule has 1 aliphatic carbocycles. The van der Waals surface area contributed by atoms with Gasteiger partial charge in [0.15, 0.2) is 6.61 Å². The van der Waals surface area contributed by atoms with Crippen molar-refractivity contribution >= 4 is 29.5 Å². The van der Waals surface area contributed by atoms with Crippen LogP contribution in [0.4, 0.5) is 5.69 Å². The predicted molar refractivity (Wildman–Crippen MR) is 162 cm³/mol. The molecule has 5 rings (SSSR count). The summed E-state index contributed by atoms with van der Waals surface area (Å²) < 4.78 is 10.5. The molecule has 42 heavy (non-hydrogen) atoms. The Hall–Kier alpha value is -4.43. The second-order valence-corrected chi connectivity index (χ2v) is 10.6. The van der Waals surface area contributed by atoms with Crippen molar-refractivity contribution in [3.8, 4) is 0 Å². The fourth-order valence-electron chi connectivity index (χ4n) is 5.64. The van der Waals surface area contributed by atoms with Crippen molar-refractivity contribution in [2.75, 3.05) is 18.5 Å². The Morgan fingerprint density at radius 1 is 1.10 bits per heavy atom. The van der Waals surface area contributed by atoms with Gasteiger partial charge in [-0.2, -0.15) is 0 Å². The van der Waals surface area contributed by atoms with E-state index in [1.165, 1.54) is 11.1 Å². The van der Waals surface area contributed by atoms with Crippen LogP contribution < -0.4 is 5.32 Å². The molecule has 1 fully saturated rings. The van der Waals surface area contributed by atoms with Gasteiger partial charge in [-0.25, -0.2) is 9.80 Å². The van der Waals surface area contributed by atoms with Gasteiger partial charge in [-0.1, -0.05) is 67.4 Å². The largest absolute Gasteiger partial charge is 0.466 e. The third-order valence-corrected chi connectivity index (χ3v) is 7.70. The van der Waals surface area contributed by atoms with Gasteiger partial charge in [0.1, 0.15) is 6.23 Å². The van der Waals surface area contributed by atoms with E-state index in [4.69, 9.17) is 9.47 Å². The molecule has 218 valence electrons. The third kappa shape index (κ3) is 7.44. The molecule has 2 aliphatic rings. The van der Waals surface area contributed by atoms with Crippen molar-refractivity contribution in [2.24, 2.45) is 11.0 Å². The molecule has 1 aliphatic heterocycles. The summed E-state index contributed by atoms with van der Waals surface area (Å²) in [7, 11) is 0.